The third-order valence-electron chi connectivity index (χ3n) is 3.49. The van der Waals surface area contributed by atoms with Gasteiger partial charge >= 0.3 is 0 Å². The highest BCUT2D eigenvalue weighted by Gasteiger charge is 2.20. The Morgan fingerprint density at radius 1 is 1.33 bits per heavy atom. The molecule has 0 bridgehead atoms. The molecule has 6 heteroatoms. The lowest BCUT2D eigenvalue weighted by Crippen LogP contribution is -2.06. The van der Waals surface area contributed by atoms with Crippen molar-refractivity contribution in [3.8, 4) is 11.1 Å². The van der Waals surface area contributed by atoms with Crippen molar-refractivity contribution in [1.29, 1.82) is 0 Å². The van der Waals surface area contributed by atoms with Crippen LogP contribution in [-0.2, 0) is 4.74 Å². The van der Waals surface area contributed by atoms with Crippen molar-refractivity contribution in [2.45, 2.75) is 19.3 Å². The Morgan fingerprint density at radius 3 is 2.90 bits per heavy atom. The van der Waals surface area contributed by atoms with Crippen LogP contribution in [-0.4, -0.2) is 29.1 Å². The van der Waals surface area contributed by atoms with Crippen LogP contribution in [0, 0.1) is 5.92 Å². The van der Waals surface area contributed by atoms with E-state index in [1.54, 1.807) is 12.4 Å². The molecule has 0 amide bonds. The van der Waals surface area contributed by atoms with Crippen LogP contribution in [0.5, 0.6) is 0 Å². The van der Waals surface area contributed by atoms with Gasteiger partial charge in [-0.1, -0.05) is 0 Å². The van der Waals surface area contributed by atoms with Gasteiger partial charge in [-0.15, -0.1) is 0 Å². The SMILES string of the molecule is Nc1nsc(NCCCOCC2CC2)c1-c1ccncc1. The highest BCUT2D eigenvalue weighted by atomic mass is 32.1. The van der Waals surface area contributed by atoms with Gasteiger partial charge in [-0.25, -0.2) is 0 Å². The molecule has 3 N–H and O–H groups in total. The van der Waals surface area contributed by atoms with E-state index in [0.717, 1.165) is 48.2 Å². The quantitative estimate of drug-likeness (QED) is 0.733. The van der Waals surface area contributed by atoms with E-state index in [1.807, 2.05) is 12.1 Å². The number of rotatable bonds is 8. The maximum Gasteiger partial charge on any atom is 0.147 e. The minimum absolute atomic E-state index is 0.568. The molecule has 1 aliphatic rings. The molecule has 1 fully saturated rings. The van der Waals surface area contributed by atoms with Crippen LogP contribution < -0.4 is 11.1 Å². The maximum absolute atomic E-state index is 5.98. The molecule has 0 spiro atoms. The van der Waals surface area contributed by atoms with E-state index in [2.05, 4.69) is 14.7 Å². The molecule has 112 valence electrons. The summed E-state index contributed by atoms with van der Waals surface area (Å²) in [6.07, 6.45) is 7.20. The van der Waals surface area contributed by atoms with E-state index in [0.29, 0.717) is 5.82 Å². The predicted molar refractivity (Wildman–Crippen MR) is 86.4 cm³/mol. The van der Waals surface area contributed by atoms with Crippen LogP contribution in [0.3, 0.4) is 0 Å². The van der Waals surface area contributed by atoms with Crippen molar-refractivity contribution in [2.75, 3.05) is 30.8 Å². The Balaban J connectivity index is 1.51. The minimum atomic E-state index is 0.568. The van der Waals surface area contributed by atoms with Crippen LogP contribution in [0.25, 0.3) is 11.1 Å². The zero-order valence-corrected chi connectivity index (χ0v) is 12.7. The van der Waals surface area contributed by atoms with Gasteiger partial charge < -0.3 is 15.8 Å². The first kappa shape index (κ1) is 14.3. The van der Waals surface area contributed by atoms with Crippen molar-refractivity contribution in [2.24, 2.45) is 5.92 Å². The summed E-state index contributed by atoms with van der Waals surface area (Å²) in [5.41, 5.74) is 8.00. The number of nitrogens with zero attached hydrogens (tertiary/aromatic N) is 2. The van der Waals surface area contributed by atoms with Gasteiger partial charge in [0, 0.05) is 32.2 Å². The van der Waals surface area contributed by atoms with E-state index in [-0.39, 0.29) is 0 Å². The van der Waals surface area contributed by atoms with Crippen LogP contribution in [0.1, 0.15) is 19.3 Å². The van der Waals surface area contributed by atoms with Gasteiger partial charge in [0.1, 0.15) is 10.8 Å². The monoisotopic (exact) mass is 304 g/mol. The van der Waals surface area contributed by atoms with E-state index in [4.69, 9.17) is 10.5 Å². The topological polar surface area (TPSA) is 73.1 Å². The molecule has 1 aliphatic carbocycles. The zero-order chi connectivity index (χ0) is 14.5. The second-order valence-corrected chi connectivity index (χ2v) is 6.08. The molecule has 2 aromatic heterocycles. The normalized spacial score (nSPS) is 14.3. The molecule has 0 atom stereocenters. The zero-order valence-electron chi connectivity index (χ0n) is 11.9. The molecule has 2 heterocycles. The number of nitrogens with two attached hydrogens (primary N) is 1. The summed E-state index contributed by atoms with van der Waals surface area (Å²) in [7, 11) is 0. The first-order valence-corrected chi connectivity index (χ1v) is 8.09. The lowest BCUT2D eigenvalue weighted by molar-refractivity contribution is 0.124. The van der Waals surface area contributed by atoms with Gasteiger partial charge in [0.05, 0.1) is 5.56 Å². The van der Waals surface area contributed by atoms with Crippen LogP contribution in [0.15, 0.2) is 24.5 Å². The molecule has 2 aromatic rings. The second-order valence-electron chi connectivity index (χ2n) is 5.31. The Morgan fingerprint density at radius 2 is 2.14 bits per heavy atom. The van der Waals surface area contributed by atoms with E-state index in [9.17, 15) is 0 Å². The molecule has 0 saturated heterocycles. The van der Waals surface area contributed by atoms with Crippen molar-refractivity contribution in [1.82, 2.24) is 9.36 Å². The summed E-state index contributed by atoms with van der Waals surface area (Å²) in [6.45, 7) is 2.60. The predicted octanol–water partition coefficient (Wildman–Crippen LogP) is 3.02. The number of pyridine rings is 1. The molecule has 5 nitrogen and oxygen atoms in total. The van der Waals surface area contributed by atoms with Gasteiger partial charge in [0.25, 0.3) is 0 Å². The summed E-state index contributed by atoms with van der Waals surface area (Å²) in [6, 6.07) is 3.90. The average molecular weight is 304 g/mol. The van der Waals surface area contributed by atoms with Crippen LogP contribution in [0.2, 0.25) is 0 Å². The number of ether oxygens (including phenoxy) is 1. The molecule has 21 heavy (non-hydrogen) atoms. The summed E-state index contributed by atoms with van der Waals surface area (Å²) in [4.78, 5) is 4.03. The Kier molecular flexibility index (Phi) is 4.67. The highest BCUT2D eigenvalue weighted by Crippen LogP contribution is 2.36. The van der Waals surface area contributed by atoms with E-state index in [1.165, 1.54) is 24.4 Å². The number of hydrogen-bond acceptors (Lipinski definition) is 6. The molecule has 0 unspecified atom stereocenters. The highest BCUT2D eigenvalue weighted by molar-refractivity contribution is 7.11. The van der Waals surface area contributed by atoms with Crippen molar-refractivity contribution in [3.63, 3.8) is 0 Å². The molecule has 3 rings (SSSR count). The minimum Gasteiger partial charge on any atom is -0.382 e. The molecule has 0 radical (unpaired) electrons. The summed E-state index contributed by atoms with van der Waals surface area (Å²) >= 11 is 1.40. The van der Waals surface area contributed by atoms with Gasteiger partial charge in [0.15, 0.2) is 0 Å². The summed E-state index contributed by atoms with van der Waals surface area (Å²) in [5.74, 6) is 1.40. The van der Waals surface area contributed by atoms with Gasteiger partial charge in [-0.05, 0) is 54.4 Å². The number of nitrogen functional groups attached to an aromatic ring is 1. The van der Waals surface area contributed by atoms with Gasteiger partial charge in [-0.2, -0.15) is 4.37 Å². The molecular formula is C15H20N4OS. The number of anilines is 2. The van der Waals surface area contributed by atoms with E-state index >= 15 is 0 Å². The van der Waals surface area contributed by atoms with Crippen LogP contribution >= 0.6 is 11.5 Å². The van der Waals surface area contributed by atoms with E-state index < -0.39 is 0 Å². The number of nitrogens with one attached hydrogen (secondary N) is 1. The van der Waals surface area contributed by atoms with Crippen molar-refractivity contribution >= 4 is 22.4 Å². The van der Waals surface area contributed by atoms with Gasteiger partial charge in [0.2, 0.25) is 0 Å². The fourth-order valence-corrected chi connectivity index (χ4v) is 2.89. The smallest absolute Gasteiger partial charge is 0.147 e. The molecule has 0 aromatic carbocycles. The third-order valence-corrected chi connectivity index (χ3v) is 4.31. The first-order chi connectivity index (χ1) is 10.3. The Labute approximate surface area is 128 Å². The molecule has 1 saturated carbocycles. The fraction of sp³-hybridized carbons (Fsp3) is 0.467. The lowest BCUT2D eigenvalue weighted by atomic mass is 10.1. The lowest BCUT2D eigenvalue weighted by Gasteiger charge is -2.07. The summed E-state index contributed by atoms with van der Waals surface area (Å²) < 4.78 is 9.88. The molecule has 0 aliphatic heterocycles. The van der Waals surface area contributed by atoms with Crippen molar-refractivity contribution in [3.05, 3.63) is 24.5 Å². The Hall–Kier alpha value is -1.66. The maximum atomic E-state index is 5.98. The standard InChI is InChI=1S/C15H20N4OS/c16-14-13(12-4-7-17-8-5-12)15(21-19-14)18-6-1-9-20-10-11-2-3-11/h4-5,7-8,11,18H,1-3,6,9-10H2,(H2,16,19). The summed E-state index contributed by atoms with van der Waals surface area (Å²) in [5, 5.41) is 4.43. The number of hydrogen-bond donors (Lipinski definition) is 2. The largest absolute Gasteiger partial charge is 0.382 e. The van der Waals surface area contributed by atoms with Crippen LogP contribution in [0.4, 0.5) is 10.8 Å². The fourth-order valence-electron chi connectivity index (χ4n) is 2.13. The van der Waals surface area contributed by atoms with Crippen molar-refractivity contribution < 1.29 is 4.74 Å². The number of aromatic nitrogens is 2. The Bertz CT molecular complexity index is 568. The second kappa shape index (κ2) is 6.87. The third kappa shape index (κ3) is 3.92. The van der Waals surface area contributed by atoms with Gasteiger partial charge in [-0.3, -0.25) is 4.98 Å². The first-order valence-electron chi connectivity index (χ1n) is 7.32. The molecular weight excluding hydrogens is 284 g/mol. The average Bonchev–Trinajstić information content (AvgIpc) is 3.26.